The molecule has 1 aliphatic heterocycles. The van der Waals surface area contributed by atoms with Gasteiger partial charge < -0.3 is 10.0 Å². The van der Waals surface area contributed by atoms with E-state index in [9.17, 15) is 9.59 Å². The van der Waals surface area contributed by atoms with Crippen LogP contribution in [0.1, 0.15) is 35.7 Å². The van der Waals surface area contributed by atoms with Gasteiger partial charge in [-0.3, -0.25) is 9.59 Å². The molecule has 108 valence electrons. The van der Waals surface area contributed by atoms with Crippen LogP contribution < -0.4 is 0 Å². The van der Waals surface area contributed by atoms with E-state index in [-0.39, 0.29) is 17.9 Å². The lowest BCUT2D eigenvalue weighted by atomic mass is 9.91. The van der Waals surface area contributed by atoms with E-state index < -0.39 is 5.97 Å². The van der Waals surface area contributed by atoms with Crippen LogP contribution in [0.15, 0.2) is 22.7 Å². The number of carboxylic acids is 1. The zero-order valence-electron chi connectivity index (χ0n) is 11.6. The van der Waals surface area contributed by atoms with Gasteiger partial charge in [0, 0.05) is 22.6 Å². The lowest BCUT2D eigenvalue weighted by Gasteiger charge is -2.36. The first-order valence-electron chi connectivity index (χ1n) is 6.70. The Hall–Kier alpha value is -1.36. The summed E-state index contributed by atoms with van der Waals surface area (Å²) < 4.78 is 0.913. The molecule has 1 aliphatic rings. The van der Waals surface area contributed by atoms with E-state index in [1.807, 2.05) is 32.0 Å². The monoisotopic (exact) mass is 339 g/mol. The van der Waals surface area contributed by atoms with Crippen molar-refractivity contribution in [3.05, 3.63) is 33.8 Å². The Morgan fingerprint density at radius 1 is 1.40 bits per heavy atom. The third-order valence-corrected chi connectivity index (χ3v) is 4.84. The molecule has 1 aromatic carbocycles. The summed E-state index contributed by atoms with van der Waals surface area (Å²) in [5.74, 6) is -1.11. The molecule has 20 heavy (non-hydrogen) atoms. The normalized spacial score (nSPS) is 22.6. The molecule has 0 bridgehead atoms. The zero-order chi connectivity index (χ0) is 14.9. The highest BCUT2D eigenvalue weighted by molar-refractivity contribution is 9.10. The van der Waals surface area contributed by atoms with E-state index in [1.165, 1.54) is 0 Å². The minimum Gasteiger partial charge on any atom is -0.481 e. The van der Waals surface area contributed by atoms with E-state index in [0.29, 0.717) is 24.9 Å². The number of carboxylic acid groups (broad SMARTS) is 1. The maximum Gasteiger partial charge on any atom is 0.306 e. The topological polar surface area (TPSA) is 57.6 Å². The van der Waals surface area contributed by atoms with Crippen LogP contribution in [0.2, 0.25) is 0 Å². The number of halogens is 1. The van der Waals surface area contributed by atoms with Crippen molar-refractivity contribution < 1.29 is 14.7 Å². The van der Waals surface area contributed by atoms with Crippen LogP contribution >= 0.6 is 15.9 Å². The summed E-state index contributed by atoms with van der Waals surface area (Å²) in [6.45, 7) is 4.33. The Morgan fingerprint density at radius 3 is 2.70 bits per heavy atom. The van der Waals surface area contributed by atoms with Gasteiger partial charge in [0.1, 0.15) is 0 Å². The van der Waals surface area contributed by atoms with Crippen molar-refractivity contribution in [2.45, 2.75) is 32.7 Å². The fourth-order valence-electron chi connectivity index (χ4n) is 2.69. The quantitative estimate of drug-likeness (QED) is 0.900. The van der Waals surface area contributed by atoms with E-state index >= 15 is 0 Å². The molecule has 1 N–H and O–H groups in total. The fraction of sp³-hybridized carbons (Fsp3) is 0.467. The molecule has 1 saturated heterocycles. The Morgan fingerprint density at radius 2 is 2.10 bits per heavy atom. The highest BCUT2D eigenvalue weighted by Crippen LogP contribution is 2.27. The molecule has 0 aromatic heterocycles. The third-order valence-electron chi connectivity index (χ3n) is 3.98. The molecule has 4 nitrogen and oxygen atoms in total. The Bertz CT molecular complexity index is 544. The smallest absolute Gasteiger partial charge is 0.306 e. The SMILES string of the molecule is Cc1c(Br)cccc1C(=O)N1CCC(C(=O)O)CC1C. The summed E-state index contributed by atoms with van der Waals surface area (Å²) in [6.07, 6.45) is 1.05. The number of carbonyl (C=O) groups excluding carboxylic acids is 1. The van der Waals surface area contributed by atoms with E-state index in [0.717, 1.165) is 10.0 Å². The van der Waals surface area contributed by atoms with E-state index in [2.05, 4.69) is 15.9 Å². The largest absolute Gasteiger partial charge is 0.481 e. The summed E-state index contributed by atoms with van der Waals surface area (Å²) in [7, 11) is 0. The van der Waals surface area contributed by atoms with Crippen molar-refractivity contribution in [1.82, 2.24) is 4.90 Å². The average molecular weight is 340 g/mol. The van der Waals surface area contributed by atoms with Crippen LogP contribution in [0, 0.1) is 12.8 Å². The molecule has 0 aliphatic carbocycles. The molecule has 2 atom stereocenters. The van der Waals surface area contributed by atoms with Gasteiger partial charge in [0.2, 0.25) is 0 Å². The Labute approximate surface area is 126 Å². The number of nitrogens with zero attached hydrogens (tertiary/aromatic N) is 1. The molecular weight excluding hydrogens is 322 g/mol. The second-order valence-corrected chi connectivity index (χ2v) is 6.17. The standard InChI is InChI=1S/C15H18BrNO3/c1-9-8-11(15(19)20)6-7-17(9)14(18)12-4-3-5-13(16)10(12)2/h3-5,9,11H,6-8H2,1-2H3,(H,19,20). The lowest BCUT2D eigenvalue weighted by Crippen LogP contribution is -2.46. The van der Waals surface area contributed by atoms with Gasteiger partial charge in [0.05, 0.1) is 5.92 Å². The van der Waals surface area contributed by atoms with Gasteiger partial charge in [-0.2, -0.15) is 0 Å². The summed E-state index contributed by atoms with van der Waals surface area (Å²) in [4.78, 5) is 25.4. The minimum atomic E-state index is -0.761. The Balaban J connectivity index is 2.18. The number of benzene rings is 1. The maximum absolute atomic E-state index is 12.6. The van der Waals surface area contributed by atoms with Crippen LogP contribution in [0.4, 0.5) is 0 Å². The molecule has 2 rings (SSSR count). The third kappa shape index (κ3) is 2.87. The number of amides is 1. The summed E-state index contributed by atoms with van der Waals surface area (Å²) >= 11 is 3.43. The number of likely N-dealkylation sites (tertiary alicyclic amines) is 1. The molecule has 0 saturated carbocycles. The molecule has 1 amide bonds. The summed E-state index contributed by atoms with van der Waals surface area (Å²) in [5.41, 5.74) is 1.60. The minimum absolute atomic E-state index is 0.0138. The summed E-state index contributed by atoms with van der Waals surface area (Å²) in [6, 6.07) is 5.53. The van der Waals surface area contributed by atoms with Crippen molar-refractivity contribution in [3.63, 3.8) is 0 Å². The van der Waals surface area contributed by atoms with Crippen LogP contribution in [0.5, 0.6) is 0 Å². The molecule has 0 radical (unpaired) electrons. The first-order valence-corrected chi connectivity index (χ1v) is 7.50. The van der Waals surface area contributed by atoms with Gasteiger partial charge in [0.15, 0.2) is 0 Å². The van der Waals surface area contributed by atoms with Crippen LogP contribution in [-0.2, 0) is 4.79 Å². The van der Waals surface area contributed by atoms with Crippen molar-refractivity contribution >= 4 is 27.8 Å². The lowest BCUT2D eigenvalue weighted by molar-refractivity contribution is -0.143. The van der Waals surface area contributed by atoms with Gasteiger partial charge in [-0.05, 0) is 44.4 Å². The number of aliphatic carboxylic acids is 1. The molecule has 2 unspecified atom stereocenters. The molecule has 1 heterocycles. The molecule has 0 spiro atoms. The molecule has 1 fully saturated rings. The number of rotatable bonds is 2. The number of hydrogen-bond donors (Lipinski definition) is 1. The average Bonchev–Trinajstić information content (AvgIpc) is 2.41. The number of hydrogen-bond acceptors (Lipinski definition) is 2. The van der Waals surface area contributed by atoms with Gasteiger partial charge in [0.25, 0.3) is 5.91 Å². The molecule has 1 aromatic rings. The van der Waals surface area contributed by atoms with Gasteiger partial charge in [-0.1, -0.05) is 22.0 Å². The van der Waals surface area contributed by atoms with Crippen molar-refractivity contribution in [2.24, 2.45) is 5.92 Å². The second kappa shape index (κ2) is 5.95. The zero-order valence-corrected chi connectivity index (χ0v) is 13.2. The predicted molar refractivity (Wildman–Crippen MR) is 79.7 cm³/mol. The van der Waals surface area contributed by atoms with Crippen molar-refractivity contribution in [3.8, 4) is 0 Å². The summed E-state index contributed by atoms with van der Waals surface area (Å²) in [5, 5.41) is 9.07. The predicted octanol–water partition coefficient (Wildman–Crippen LogP) is 3.08. The first-order chi connectivity index (χ1) is 9.41. The van der Waals surface area contributed by atoms with Gasteiger partial charge in [-0.15, -0.1) is 0 Å². The van der Waals surface area contributed by atoms with Crippen LogP contribution in [-0.4, -0.2) is 34.5 Å². The Kier molecular flexibility index (Phi) is 4.48. The van der Waals surface area contributed by atoms with E-state index in [1.54, 1.807) is 4.90 Å². The fourth-order valence-corrected chi connectivity index (χ4v) is 3.06. The number of carbonyl (C=O) groups is 2. The van der Waals surface area contributed by atoms with Gasteiger partial charge >= 0.3 is 5.97 Å². The number of piperidine rings is 1. The second-order valence-electron chi connectivity index (χ2n) is 5.32. The highest BCUT2D eigenvalue weighted by Gasteiger charge is 2.33. The van der Waals surface area contributed by atoms with Gasteiger partial charge in [-0.25, -0.2) is 0 Å². The van der Waals surface area contributed by atoms with E-state index in [4.69, 9.17) is 5.11 Å². The molecular formula is C15H18BrNO3. The highest BCUT2D eigenvalue weighted by atomic mass is 79.9. The first kappa shape index (κ1) is 15.0. The maximum atomic E-state index is 12.6. The molecule has 5 heteroatoms. The van der Waals surface area contributed by atoms with Crippen molar-refractivity contribution in [2.75, 3.05) is 6.54 Å². The van der Waals surface area contributed by atoms with Crippen LogP contribution in [0.3, 0.4) is 0 Å². The van der Waals surface area contributed by atoms with Crippen LogP contribution in [0.25, 0.3) is 0 Å². The van der Waals surface area contributed by atoms with Crippen molar-refractivity contribution in [1.29, 1.82) is 0 Å².